The zero-order valence-electron chi connectivity index (χ0n) is 9.26. The third kappa shape index (κ3) is 1.30. The van der Waals surface area contributed by atoms with E-state index in [2.05, 4.69) is 26.0 Å². The van der Waals surface area contributed by atoms with Crippen LogP contribution in [0.2, 0.25) is 0 Å². The van der Waals surface area contributed by atoms with E-state index < -0.39 is 0 Å². The second-order valence-electron chi connectivity index (χ2n) is 3.91. The van der Waals surface area contributed by atoms with E-state index in [-0.39, 0.29) is 0 Å². The molecule has 0 atom stereocenters. The molecule has 2 aromatic rings. The summed E-state index contributed by atoms with van der Waals surface area (Å²) in [5.74, 6) is 0. The maximum absolute atomic E-state index is 9.18. The molecular weight excluding hydrogens is 182 g/mol. The molecule has 1 heteroatoms. The quantitative estimate of drug-likeness (QED) is 0.629. The van der Waals surface area contributed by atoms with Crippen LogP contribution in [0.1, 0.15) is 22.3 Å². The van der Waals surface area contributed by atoms with Gasteiger partial charge < -0.3 is 0 Å². The lowest BCUT2D eigenvalue weighted by Gasteiger charge is -2.11. The van der Waals surface area contributed by atoms with E-state index in [0.717, 1.165) is 16.5 Å². The van der Waals surface area contributed by atoms with Gasteiger partial charge in [-0.1, -0.05) is 24.3 Å². The first-order valence-electron chi connectivity index (χ1n) is 5.05. The Labute approximate surface area is 90.0 Å². The van der Waals surface area contributed by atoms with Crippen molar-refractivity contribution in [3.8, 4) is 6.07 Å². The Morgan fingerprint density at radius 3 is 2.07 bits per heavy atom. The van der Waals surface area contributed by atoms with Crippen LogP contribution in [0.3, 0.4) is 0 Å². The summed E-state index contributed by atoms with van der Waals surface area (Å²) in [7, 11) is 0. The Hall–Kier alpha value is -1.81. The molecule has 74 valence electrons. The van der Waals surface area contributed by atoms with Crippen LogP contribution in [0.15, 0.2) is 24.3 Å². The van der Waals surface area contributed by atoms with E-state index in [1.54, 1.807) is 0 Å². The average Bonchev–Trinajstić information content (AvgIpc) is 2.27. The van der Waals surface area contributed by atoms with Crippen molar-refractivity contribution in [3.63, 3.8) is 0 Å². The Kier molecular flexibility index (Phi) is 2.21. The van der Waals surface area contributed by atoms with Crippen molar-refractivity contribution in [3.05, 3.63) is 46.5 Å². The smallest absolute Gasteiger partial charge is 0.100 e. The third-order valence-corrected chi connectivity index (χ3v) is 3.21. The number of aryl methyl sites for hydroxylation is 1. The minimum atomic E-state index is 0.814. The molecule has 0 N–H and O–H groups in total. The summed E-state index contributed by atoms with van der Waals surface area (Å²) >= 11 is 0. The zero-order chi connectivity index (χ0) is 11.0. The zero-order valence-corrected chi connectivity index (χ0v) is 9.26. The standard InChI is InChI=1S/C14H13N/c1-9-10(2)12-6-4-5-7-13(12)14(8-15)11(9)3/h4-7H,1-3H3. The van der Waals surface area contributed by atoms with Gasteiger partial charge in [-0.15, -0.1) is 0 Å². The Morgan fingerprint density at radius 2 is 1.47 bits per heavy atom. The number of rotatable bonds is 0. The highest BCUT2D eigenvalue weighted by Gasteiger charge is 2.10. The molecule has 0 bridgehead atoms. The van der Waals surface area contributed by atoms with E-state index in [1.807, 2.05) is 25.1 Å². The predicted octanol–water partition coefficient (Wildman–Crippen LogP) is 3.64. The highest BCUT2D eigenvalue weighted by molar-refractivity contribution is 5.92. The minimum absolute atomic E-state index is 0.814. The van der Waals surface area contributed by atoms with Crippen LogP contribution in [0.5, 0.6) is 0 Å². The Bertz CT molecular complexity index is 574. The van der Waals surface area contributed by atoms with Gasteiger partial charge in [0.25, 0.3) is 0 Å². The van der Waals surface area contributed by atoms with E-state index in [1.165, 1.54) is 16.5 Å². The molecule has 0 fully saturated rings. The maximum atomic E-state index is 9.18. The molecule has 0 aliphatic heterocycles. The van der Waals surface area contributed by atoms with Crippen LogP contribution in [0, 0.1) is 32.1 Å². The van der Waals surface area contributed by atoms with Gasteiger partial charge in [0, 0.05) is 0 Å². The first-order valence-corrected chi connectivity index (χ1v) is 5.05. The van der Waals surface area contributed by atoms with Crippen LogP contribution in [-0.4, -0.2) is 0 Å². The molecule has 0 saturated heterocycles. The number of hydrogen-bond acceptors (Lipinski definition) is 1. The normalized spacial score (nSPS) is 10.3. The van der Waals surface area contributed by atoms with Gasteiger partial charge in [-0.2, -0.15) is 5.26 Å². The summed E-state index contributed by atoms with van der Waals surface area (Å²) in [4.78, 5) is 0. The number of fused-ring (bicyclic) bond motifs is 1. The molecule has 0 radical (unpaired) electrons. The van der Waals surface area contributed by atoms with Crippen molar-refractivity contribution >= 4 is 10.8 Å². The molecular formula is C14H13N. The van der Waals surface area contributed by atoms with Gasteiger partial charge in [-0.3, -0.25) is 0 Å². The topological polar surface area (TPSA) is 23.8 Å². The van der Waals surface area contributed by atoms with Crippen LogP contribution in [0.25, 0.3) is 10.8 Å². The fourth-order valence-electron chi connectivity index (χ4n) is 2.04. The van der Waals surface area contributed by atoms with Gasteiger partial charge in [-0.25, -0.2) is 0 Å². The highest BCUT2D eigenvalue weighted by atomic mass is 14.3. The summed E-state index contributed by atoms with van der Waals surface area (Å²) in [5.41, 5.74) is 4.43. The van der Waals surface area contributed by atoms with Gasteiger partial charge in [0.15, 0.2) is 0 Å². The Morgan fingerprint density at radius 1 is 0.867 bits per heavy atom. The molecule has 0 saturated carbocycles. The molecule has 0 aliphatic rings. The molecule has 0 aromatic heterocycles. The molecule has 0 unspecified atom stereocenters. The fraction of sp³-hybridized carbons (Fsp3) is 0.214. The van der Waals surface area contributed by atoms with E-state index in [4.69, 9.17) is 0 Å². The van der Waals surface area contributed by atoms with Crippen molar-refractivity contribution in [2.45, 2.75) is 20.8 Å². The van der Waals surface area contributed by atoms with E-state index in [9.17, 15) is 5.26 Å². The minimum Gasteiger partial charge on any atom is -0.192 e. The molecule has 15 heavy (non-hydrogen) atoms. The summed E-state index contributed by atoms with van der Waals surface area (Å²) in [6.07, 6.45) is 0. The average molecular weight is 195 g/mol. The van der Waals surface area contributed by atoms with Gasteiger partial charge in [0.2, 0.25) is 0 Å². The highest BCUT2D eigenvalue weighted by Crippen LogP contribution is 2.28. The lowest BCUT2D eigenvalue weighted by Crippen LogP contribution is -1.94. The molecule has 1 nitrogen and oxygen atoms in total. The van der Waals surface area contributed by atoms with Gasteiger partial charge in [-0.05, 0) is 48.2 Å². The third-order valence-electron chi connectivity index (χ3n) is 3.21. The molecule has 2 rings (SSSR count). The van der Waals surface area contributed by atoms with Crippen molar-refractivity contribution in [2.75, 3.05) is 0 Å². The van der Waals surface area contributed by atoms with Crippen molar-refractivity contribution < 1.29 is 0 Å². The molecule has 0 spiro atoms. The number of nitriles is 1. The molecule has 0 heterocycles. The number of hydrogen-bond donors (Lipinski definition) is 0. The van der Waals surface area contributed by atoms with Gasteiger partial charge in [0.1, 0.15) is 6.07 Å². The van der Waals surface area contributed by atoms with E-state index in [0.29, 0.717) is 0 Å². The van der Waals surface area contributed by atoms with E-state index >= 15 is 0 Å². The van der Waals surface area contributed by atoms with Crippen LogP contribution < -0.4 is 0 Å². The summed E-state index contributed by atoms with van der Waals surface area (Å²) in [6.45, 7) is 6.22. The monoisotopic (exact) mass is 195 g/mol. The Balaban J connectivity index is 3.06. The van der Waals surface area contributed by atoms with Crippen molar-refractivity contribution in [1.29, 1.82) is 5.26 Å². The number of nitrogens with zero attached hydrogens (tertiary/aromatic N) is 1. The molecule has 0 amide bonds. The summed E-state index contributed by atoms with van der Waals surface area (Å²) < 4.78 is 0. The van der Waals surface area contributed by atoms with Crippen LogP contribution in [0.4, 0.5) is 0 Å². The second kappa shape index (κ2) is 3.40. The largest absolute Gasteiger partial charge is 0.192 e. The lowest BCUT2D eigenvalue weighted by molar-refractivity contribution is 1.28. The SMILES string of the molecule is Cc1c(C)c(C#N)c2ccccc2c1C. The molecule has 2 aromatic carbocycles. The van der Waals surface area contributed by atoms with Crippen molar-refractivity contribution in [1.82, 2.24) is 0 Å². The summed E-state index contributed by atoms with van der Waals surface area (Å²) in [5, 5.41) is 11.4. The van der Waals surface area contributed by atoms with Gasteiger partial charge in [0.05, 0.1) is 5.56 Å². The second-order valence-corrected chi connectivity index (χ2v) is 3.91. The molecule has 0 aliphatic carbocycles. The number of benzene rings is 2. The lowest BCUT2D eigenvalue weighted by atomic mass is 9.92. The van der Waals surface area contributed by atoms with Crippen LogP contribution in [-0.2, 0) is 0 Å². The fourth-order valence-corrected chi connectivity index (χ4v) is 2.04. The maximum Gasteiger partial charge on any atom is 0.100 e. The van der Waals surface area contributed by atoms with Crippen LogP contribution >= 0.6 is 0 Å². The van der Waals surface area contributed by atoms with Crippen molar-refractivity contribution in [2.24, 2.45) is 0 Å². The van der Waals surface area contributed by atoms with Gasteiger partial charge >= 0.3 is 0 Å². The first kappa shape index (κ1) is 9.73. The first-order chi connectivity index (χ1) is 7.16. The summed E-state index contributed by atoms with van der Waals surface area (Å²) in [6, 6.07) is 10.4. The predicted molar refractivity (Wildman–Crippen MR) is 62.9 cm³/mol.